The summed E-state index contributed by atoms with van der Waals surface area (Å²) in [4.78, 5) is 0. The van der Waals surface area contributed by atoms with E-state index in [0.29, 0.717) is 0 Å². The topological polar surface area (TPSA) is 0 Å². The van der Waals surface area contributed by atoms with Crippen LogP contribution in [-0.2, 0) is 26.2 Å². The second-order valence-corrected chi connectivity index (χ2v) is 3.42. The Bertz CT molecular complexity index is 161. The van der Waals surface area contributed by atoms with E-state index in [9.17, 15) is 0 Å². The Hall–Kier alpha value is 0.363. The van der Waals surface area contributed by atoms with Gasteiger partial charge in [-0.1, -0.05) is 31.6 Å². The summed E-state index contributed by atoms with van der Waals surface area (Å²) >= 11 is 0. The maximum absolute atomic E-state index is 2.46. The van der Waals surface area contributed by atoms with Crippen molar-refractivity contribution in [2.75, 3.05) is 0 Å². The van der Waals surface area contributed by atoms with Crippen molar-refractivity contribution in [3.63, 3.8) is 0 Å². The van der Waals surface area contributed by atoms with Crippen molar-refractivity contribution in [2.45, 2.75) is 13.3 Å². The summed E-state index contributed by atoms with van der Waals surface area (Å²) < 4.78 is 0. The molecule has 58 valence electrons. The second kappa shape index (κ2) is 3.85. The van der Waals surface area contributed by atoms with Crippen LogP contribution in [0.4, 0.5) is 0 Å². The van der Waals surface area contributed by atoms with E-state index >= 15 is 0 Å². The first kappa shape index (κ1) is 9.45. The van der Waals surface area contributed by atoms with Gasteiger partial charge in [-0.15, -0.1) is 12.0 Å². The van der Waals surface area contributed by atoms with Crippen LogP contribution in [0.3, 0.4) is 0 Å². The first-order valence-electron chi connectivity index (χ1n) is 4.06. The van der Waals surface area contributed by atoms with Crippen molar-refractivity contribution in [3.05, 3.63) is 30.7 Å². The van der Waals surface area contributed by atoms with E-state index in [-0.39, 0.29) is 26.2 Å². The van der Waals surface area contributed by atoms with E-state index in [1.807, 2.05) is 0 Å². The van der Waals surface area contributed by atoms with Gasteiger partial charge in [-0.05, 0) is 5.92 Å². The van der Waals surface area contributed by atoms with Crippen LogP contribution >= 0.6 is 0 Å². The molecule has 1 heteroatoms. The molecule has 0 aliphatic heterocycles. The SMILES string of the molecule is CC1[CH-]C2C=CC=CC2C1.[Zr]. The van der Waals surface area contributed by atoms with Crippen LogP contribution in [0.15, 0.2) is 24.3 Å². The van der Waals surface area contributed by atoms with E-state index in [0.717, 1.165) is 17.8 Å². The Kier molecular flexibility index (Phi) is 3.31. The molecule has 0 bridgehead atoms. The molecule has 0 amide bonds. The predicted octanol–water partition coefficient (Wildman–Crippen LogP) is 2.59. The van der Waals surface area contributed by atoms with Crippen molar-refractivity contribution in [3.8, 4) is 0 Å². The first-order chi connectivity index (χ1) is 4.86. The van der Waals surface area contributed by atoms with Crippen LogP contribution in [0.1, 0.15) is 13.3 Å². The maximum atomic E-state index is 2.46. The normalized spacial score (nSPS) is 39.9. The van der Waals surface area contributed by atoms with Gasteiger partial charge in [0, 0.05) is 26.2 Å². The fourth-order valence-corrected chi connectivity index (χ4v) is 2.00. The number of rotatable bonds is 0. The third-order valence-electron chi connectivity index (χ3n) is 2.49. The minimum absolute atomic E-state index is 0. The quantitative estimate of drug-likeness (QED) is 0.555. The summed E-state index contributed by atoms with van der Waals surface area (Å²) in [5, 5.41) is 0. The van der Waals surface area contributed by atoms with Gasteiger partial charge in [-0.3, -0.25) is 0 Å². The van der Waals surface area contributed by atoms with Gasteiger partial charge in [0.25, 0.3) is 0 Å². The van der Waals surface area contributed by atoms with Gasteiger partial charge in [0.1, 0.15) is 0 Å². The van der Waals surface area contributed by atoms with Crippen LogP contribution < -0.4 is 0 Å². The van der Waals surface area contributed by atoms with E-state index in [4.69, 9.17) is 0 Å². The summed E-state index contributed by atoms with van der Waals surface area (Å²) in [5.41, 5.74) is 0. The standard InChI is InChI=1S/C10H13.Zr/c1-8-6-9-4-2-3-5-10(9)7-8;/h2-6,8-10H,7H2,1H3;/q-1;. The van der Waals surface area contributed by atoms with Crippen LogP contribution in [0.2, 0.25) is 0 Å². The summed E-state index contributed by atoms with van der Waals surface area (Å²) in [5.74, 6) is 2.39. The van der Waals surface area contributed by atoms with Crippen molar-refractivity contribution in [2.24, 2.45) is 17.8 Å². The first-order valence-corrected chi connectivity index (χ1v) is 4.06. The van der Waals surface area contributed by atoms with Crippen molar-refractivity contribution in [1.29, 1.82) is 0 Å². The smallest absolute Gasteiger partial charge is 0 e. The molecule has 1 saturated carbocycles. The zero-order chi connectivity index (χ0) is 6.97. The fraction of sp³-hybridized carbons (Fsp3) is 0.500. The van der Waals surface area contributed by atoms with E-state index in [1.54, 1.807) is 0 Å². The summed E-state index contributed by atoms with van der Waals surface area (Å²) in [6.07, 6.45) is 12.8. The van der Waals surface area contributed by atoms with E-state index in [2.05, 4.69) is 37.6 Å². The molecule has 0 radical (unpaired) electrons. The Labute approximate surface area is 87.9 Å². The minimum atomic E-state index is 0. The average molecular weight is 224 g/mol. The molecular weight excluding hydrogens is 211 g/mol. The Morgan fingerprint density at radius 2 is 2.00 bits per heavy atom. The summed E-state index contributed by atoms with van der Waals surface area (Å²) in [7, 11) is 0. The number of hydrogen-bond donors (Lipinski definition) is 0. The van der Waals surface area contributed by atoms with Gasteiger partial charge >= 0.3 is 0 Å². The molecule has 11 heavy (non-hydrogen) atoms. The monoisotopic (exact) mass is 223 g/mol. The van der Waals surface area contributed by atoms with Crippen molar-refractivity contribution >= 4 is 0 Å². The minimum Gasteiger partial charge on any atom is -0.318 e. The molecular formula is C10H13Zr-. The largest absolute Gasteiger partial charge is 0.318 e. The zero-order valence-electron chi connectivity index (χ0n) is 6.83. The van der Waals surface area contributed by atoms with Crippen molar-refractivity contribution in [1.82, 2.24) is 0 Å². The molecule has 0 N–H and O–H groups in total. The van der Waals surface area contributed by atoms with E-state index < -0.39 is 0 Å². The molecule has 0 aromatic rings. The maximum Gasteiger partial charge on any atom is 0 e. The molecule has 0 heterocycles. The zero-order valence-corrected chi connectivity index (χ0v) is 9.28. The molecule has 0 aromatic carbocycles. The molecule has 3 atom stereocenters. The molecule has 1 fully saturated rings. The van der Waals surface area contributed by atoms with Gasteiger partial charge < -0.3 is 6.42 Å². The van der Waals surface area contributed by atoms with Crippen LogP contribution in [0, 0.1) is 24.2 Å². The Morgan fingerprint density at radius 3 is 2.73 bits per heavy atom. The van der Waals surface area contributed by atoms with Crippen LogP contribution in [-0.4, -0.2) is 0 Å². The Morgan fingerprint density at radius 1 is 1.27 bits per heavy atom. The second-order valence-electron chi connectivity index (χ2n) is 3.42. The molecule has 0 spiro atoms. The summed E-state index contributed by atoms with van der Waals surface area (Å²) in [6, 6.07) is 0. The number of fused-ring (bicyclic) bond motifs is 1. The van der Waals surface area contributed by atoms with Gasteiger partial charge in [0.2, 0.25) is 0 Å². The molecule has 2 aliphatic rings. The van der Waals surface area contributed by atoms with E-state index in [1.165, 1.54) is 6.42 Å². The Balaban J connectivity index is 0.000000605. The van der Waals surface area contributed by atoms with Crippen LogP contribution in [0.5, 0.6) is 0 Å². The molecule has 3 unspecified atom stereocenters. The number of allylic oxidation sites excluding steroid dienone is 4. The number of hydrogen-bond acceptors (Lipinski definition) is 0. The van der Waals surface area contributed by atoms with Gasteiger partial charge in [-0.2, -0.15) is 5.92 Å². The van der Waals surface area contributed by atoms with Crippen molar-refractivity contribution < 1.29 is 26.2 Å². The molecule has 0 saturated heterocycles. The fourth-order valence-electron chi connectivity index (χ4n) is 2.00. The van der Waals surface area contributed by atoms with Crippen LogP contribution in [0.25, 0.3) is 0 Å². The van der Waals surface area contributed by atoms with Gasteiger partial charge in [0.15, 0.2) is 0 Å². The predicted molar refractivity (Wildman–Crippen MR) is 43.3 cm³/mol. The average Bonchev–Trinajstić information content (AvgIpc) is 2.27. The van der Waals surface area contributed by atoms with Gasteiger partial charge in [0.05, 0.1) is 0 Å². The molecule has 2 rings (SSSR count). The molecule has 0 aromatic heterocycles. The molecule has 0 nitrogen and oxygen atoms in total. The third kappa shape index (κ3) is 1.93. The molecule has 2 aliphatic carbocycles. The summed E-state index contributed by atoms with van der Waals surface area (Å²) in [6.45, 7) is 2.31. The third-order valence-corrected chi connectivity index (χ3v) is 2.49. The van der Waals surface area contributed by atoms with Gasteiger partial charge in [-0.25, -0.2) is 0 Å².